The Labute approximate surface area is 292 Å². The molecule has 7 aromatic carbocycles. The second kappa shape index (κ2) is 11.8. The van der Waals surface area contributed by atoms with Gasteiger partial charge in [0.2, 0.25) is 0 Å². The summed E-state index contributed by atoms with van der Waals surface area (Å²) in [5.41, 5.74) is 8.72. The van der Waals surface area contributed by atoms with Crippen LogP contribution in [0.15, 0.2) is 182 Å². The van der Waals surface area contributed by atoms with E-state index in [1.54, 1.807) is 0 Å². The summed E-state index contributed by atoms with van der Waals surface area (Å²) in [6.07, 6.45) is 17.2. The van der Waals surface area contributed by atoms with E-state index in [0.29, 0.717) is 0 Å². The number of hydrogen-bond donors (Lipinski definition) is 0. The minimum absolute atomic E-state index is 0.234. The molecule has 1 aromatic heterocycles. The van der Waals surface area contributed by atoms with Crippen LogP contribution < -0.4 is 4.90 Å². The highest BCUT2D eigenvalue weighted by Crippen LogP contribution is 2.45. The zero-order valence-electron chi connectivity index (χ0n) is 27.8. The van der Waals surface area contributed by atoms with Crippen molar-refractivity contribution < 1.29 is 0 Å². The molecule has 1 unspecified atom stereocenters. The van der Waals surface area contributed by atoms with Gasteiger partial charge >= 0.3 is 0 Å². The van der Waals surface area contributed by atoms with Crippen LogP contribution in [-0.2, 0) is 0 Å². The Morgan fingerprint density at radius 2 is 1.24 bits per heavy atom. The predicted octanol–water partition coefficient (Wildman–Crippen LogP) is 12.7. The van der Waals surface area contributed by atoms with Crippen molar-refractivity contribution in [3.8, 4) is 5.69 Å². The molecule has 0 bridgehead atoms. The van der Waals surface area contributed by atoms with Gasteiger partial charge in [-0.1, -0.05) is 140 Å². The number of benzene rings is 7. The number of allylic oxidation sites excluding steroid dienone is 5. The smallest absolute Gasteiger partial charge is 0.0626 e. The topological polar surface area (TPSA) is 8.17 Å². The molecule has 0 spiro atoms. The van der Waals surface area contributed by atoms with E-state index < -0.39 is 0 Å². The summed E-state index contributed by atoms with van der Waals surface area (Å²) in [7, 11) is 0. The summed E-state index contributed by atoms with van der Waals surface area (Å²) in [5, 5.41) is 10.4. The fourth-order valence-electron chi connectivity index (χ4n) is 8.42. The summed E-state index contributed by atoms with van der Waals surface area (Å²) in [5.74, 6) is 0. The number of fused-ring (bicyclic) bond motifs is 10. The fourth-order valence-corrected chi connectivity index (χ4v) is 8.42. The molecule has 0 aliphatic heterocycles. The summed E-state index contributed by atoms with van der Waals surface area (Å²) >= 11 is 0. The molecule has 238 valence electrons. The number of rotatable bonds is 5. The van der Waals surface area contributed by atoms with Crippen molar-refractivity contribution in [2.75, 3.05) is 4.90 Å². The van der Waals surface area contributed by atoms with Crippen molar-refractivity contribution in [2.24, 2.45) is 0 Å². The summed E-state index contributed by atoms with van der Waals surface area (Å²) in [4.78, 5) is 2.52. The molecule has 8 aromatic rings. The van der Waals surface area contributed by atoms with Crippen molar-refractivity contribution in [1.82, 2.24) is 4.57 Å². The molecule has 0 radical (unpaired) electrons. The molecule has 0 saturated carbocycles. The molecule has 50 heavy (non-hydrogen) atoms. The van der Waals surface area contributed by atoms with Crippen molar-refractivity contribution in [3.63, 3.8) is 0 Å². The van der Waals surface area contributed by atoms with Crippen molar-refractivity contribution in [2.45, 2.75) is 25.3 Å². The van der Waals surface area contributed by atoms with E-state index in [1.165, 1.54) is 82.3 Å². The van der Waals surface area contributed by atoms with E-state index >= 15 is 0 Å². The van der Waals surface area contributed by atoms with E-state index in [4.69, 9.17) is 0 Å². The third kappa shape index (κ3) is 4.56. The highest BCUT2D eigenvalue weighted by atomic mass is 15.2. The highest BCUT2D eigenvalue weighted by molar-refractivity contribution is 6.35. The maximum absolute atomic E-state index is 2.52. The minimum Gasteiger partial charge on any atom is -0.335 e. The molecule has 2 aliphatic rings. The second-order valence-corrected chi connectivity index (χ2v) is 13.5. The number of anilines is 1. The molecular weight excluding hydrogens is 605 g/mol. The van der Waals surface area contributed by atoms with Crippen LogP contribution in [0.1, 0.15) is 24.8 Å². The van der Waals surface area contributed by atoms with Crippen LogP contribution in [0.25, 0.3) is 65.4 Å². The zero-order chi connectivity index (χ0) is 33.0. The maximum atomic E-state index is 2.52. The van der Waals surface area contributed by atoms with Gasteiger partial charge in [0.05, 0.1) is 17.1 Å². The monoisotopic (exact) mass is 640 g/mol. The van der Waals surface area contributed by atoms with Gasteiger partial charge in [0, 0.05) is 33.2 Å². The first-order valence-electron chi connectivity index (χ1n) is 17.8. The normalized spacial score (nSPS) is 16.0. The van der Waals surface area contributed by atoms with Crippen LogP contribution in [-0.4, -0.2) is 10.6 Å². The highest BCUT2D eigenvalue weighted by Gasteiger charge is 2.24. The van der Waals surface area contributed by atoms with Gasteiger partial charge in [0.25, 0.3) is 0 Å². The van der Waals surface area contributed by atoms with Gasteiger partial charge < -0.3 is 9.47 Å². The van der Waals surface area contributed by atoms with Crippen LogP contribution >= 0.6 is 0 Å². The zero-order valence-corrected chi connectivity index (χ0v) is 27.8. The summed E-state index contributed by atoms with van der Waals surface area (Å²) < 4.78 is 2.51. The largest absolute Gasteiger partial charge is 0.335 e. The fraction of sp³-hybridized carbons (Fsp3) is 0.0833. The summed E-state index contributed by atoms with van der Waals surface area (Å²) in [6, 6.07) is 51.5. The quantitative estimate of drug-likeness (QED) is 0.170. The number of hydrogen-bond acceptors (Lipinski definition) is 1. The van der Waals surface area contributed by atoms with E-state index in [-0.39, 0.29) is 6.04 Å². The Hall–Kier alpha value is -6.12. The van der Waals surface area contributed by atoms with Gasteiger partial charge in [0.1, 0.15) is 0 Å². The van der Waals surface area contributed by atoms with Crippen LogP contribution in [0, 0.1) is 0 Å². The molecule has 1 heterocycles. The lowest BCUT2D eigenvalue weighted by atomic mass is 9.95. The van der Waals surface area contributed by atoms with Crippen LogP contribution in [0.5, 0.6) is 0 Å². The molecular formula is C48H36N2. The standard InChI is InChI=1S/C48H36N2/c1-3-13-33(14-4-1)34-23-26-37(27-24-34)49(36-16-5-2-6-17-36)38-28-30-39(31-29-38)50-45-32-25-35-15-7-8-18-40(35)46(45)47-43-21-11-9-19-41(43)42-20-10-12-22-44(42)48(47)50/h1,3-5,7-26,28-32,37H,2,6,27H2. The Morgan fingerprint density at radius 1 is 0.540 bits per heavy atom. The molecule has 0 N–H and O–H groups in total. The van der Waals surface area contributed by atoms with Crippen molar-refractivity contribution >= 4 is 65.4 Å². The van der Waals surface area contributed by atoms with Crippen molar-refractivity contribution in [3.05, 3.63) is 187 Å². The molecule has 2 aliphatic carbocycles. The van der Waals surface area contributed by atoms with E-state index in [2.05, 4.69) is 185 Å². The molecule has 2 heteroatoms. The van der Waals surface area contributed by atoms with Gasteiger partial charge in [-0.15, -0.1) is 0 Å². The molecule has 0 amide bonds. The molecule has 10 rings (SSSR count). The Bertz CT molecular complexity index is 2720. The Balaban J connectivity index is 1.16. The summed E-state index contributed by atoms with van der Waals surface area (Å²) in [6.45, 7) is 0. The Morgan fingerprint density at radius 3 is 1.98 bits per heavy atom. The lowest BCUT2D eigenvalue weighted by molar-refractivity contribution is 0.756. The SMILES string of the molecule is C1=CC(N(c2ccc(-n3c4ccc5ccccc5c4c4c5ccccc5c5ccccc5c43)cc2)C2C=CC(c3ccccc3)=CC2)=CCC1. The van der Waals surface area contributed by atoms with Crippen molar-refractivity contribution in [1.29, 1.82) is 0 Å². The molecule has 0 fully saturated rings. The minimum atomic E-state index is 0.234. The molecule has 2 nitrogen and oxygen atoms in total. The average molecular weight is 641 g/mol. The predicted molar refractivity (Wildman–Crippen MR) is 214 cm³/mol. The Kier molecular flexibility index (Phi) is 6.80. The van der Waals surface area contributed by atoms with Crippen LogP contribution in [0.3, 0.4) is 0 Å². The third-order valence-electron chi connectivity index (χ3n) is 10.7. The van der Waals surface area contributed by atoms with E-state index in [9.17, 15) is 0 Å². The van der Waals surface area contributed by atoms with E-state index in [0.717, 1.165) is 19.3 Å². The number of nitrogens with zero attached hydrogens (tertiary/aromatic N) is 2. The molecule has 0 saturated heterocycles. The van der Waals surface area contributed by atoms with Gasteiger partial charge in [0.15, 0.2) is 0 Å². The number of aromatic nitrogens is 1. The lowest BCUT2D eigenvalue weighted by Crippen LogP contribution is -2.33. The van der Waals surface area contributed by atoms with E-state index in [1.807, 2.05) is 0 Å². The first-order chi connectivity index (χ1) is 24.8. The first-order valence-corrected chi connectivity index (χ1v) is 17.8. The first kappa shape index (κ1) is 28.9. The third-order valence-corrected chi connectivity index (χ3v) is 10.7. The maximum Gasteiger partial charge on any atom is 0.0626 e. The van der Waals surface area contributed by atoms with Gasteiger partial charge in [-0.2, -0.15) is 0 Å². The lowest BCUT2D eigenvalue weighted by Gasteiger charge is -2.35. The molecule has 1 atom stereocenters. The van der Waals surface area contributed by atoms with Gasteiger partial charge in [-0.05, 0) is 93.7 Å². The average Bonchev–Trinajstić information content (AvgIpc) is 3.56. The van der Waals surface area contributed by atoms with Gasteiger partial charge in [-0.3, -0.25) is 0 Å². The van der Waals surface area contributed by atoms with Crippen LogP contribution in [0.2, 0.25) is 0 Å². The van der Waals surface area contributed by atoms with Crippen LogP contribution in [0.4, 0.5) is 5.69 Å². The van der Waals surface area contributed by atoms with Gasteiger partial charge in [-0.25, -0.2) is 0 Å². The second-order valence-electron chi connectivity index (χ2n) is 13.5.